The van der Waals surface area contributed by atoms with Gasteiger partial charge in [0.25, 0.3) is 0 Å². The van der Waals surface area contributed by atoms with E-state index in [2.05, 4.69) is 20.4 Å². The average molecular weight is 577 g/mol. The molecular formula is C22H32N4O8S3. The van der Waals surface area contributed by atoms with Gasteiger partial charge in [-0.2, -0.15) is 8.42 Å². The number of nitrogens with zero attached hydrogens (tertiary/aromatic N) is 1. The molecule has 0 radical (unpaired) electrons. The highest BCUT2D eigenvalue weighted by Crippen LogP contribution is 2.26. The fourth-order valence-electron chi connectivity index (χ4n) is 3.08. The molecule has 15 heteroatoms. The van der Waals surface area contributed by atoms with Crippen LogP contribution in [0.5, 0.6) is 0 Å². The minimum Gasteiger partial charge on any atom is -0.453 e. The first kappa shape index (κ1) is 30.5. The summed E-state index contributed by atoms with van der Waals surface area (Å²) in [7, 11) is -6.72. The van der Waals surface area contributed by atoms with Gasteiger partial charge in [-0.1, -0.05) is 19.1 Å². The Morgan fingerprint density at radius 1 is 1.11 bits per heavy atom. The molecule has 1 aromatic heterocycles. The third-order valence-electron chi connectivity index (χ3n) is 5.33. The van der Waals surface area contributed by atoms with Gasteiger partial charge in [0.15, 0.2) is 9.84 Å². The van der Waals surface area contributed by atoms with E-state index >= 15 is 0 Å². The van der Waals surface area contributed by atoms with E-state index in [1.54, 1.807) is 45.2 Å². The number of hydrogen-bond acceptors (Lipinski definition) is 9. The maximum absolute atomic E-state index is 13.0. The molecule has 2 aromatic rings. The van der Waals surface area contributed by atoms with E-state index in [9.17, 15) is 26.4 Å². The van der Waals surface area contributed by atoms with Crippen molar-refractivity contribution in [2.24, 2.45) is 0 Å². The Labute approximate surface area is 221 Å². The minimum absolute atomic E-state index is 0.142. The summed E-state index contributed by atoms with van der Waals surface area (Å²) >= 11 is 1.16. The molecule has 0 bridgehead atoms. The van der Waals surface area contributed by atoms with Crippen LogP contribution in [-0.4, -0.2) is 56.3 Å². The number of nitrogens with one attached hydrogen (secondary N) is 3. The molecule has 4 N–H and O–H groups in total. The number of alkyl carbamates (subject to hydrolysis) is 1. The molecule has 0 fully saturated rings. The summed E-state index contributed by atoms with van der Waals surface area (Å²) in [4.78, 5) is 29.1. The van der Waals surface area contributed by atoms with Crippen LogP contribution in [0, 0.1) is 0 Å². The number of sulfone groups is 1. The zero-order valence-electron chi connectivity index (χ0n) is 21.1. The maximum atomic E-state index is 13.0. The molecule has 2 amide bonds. The van der Waals surface area contributed by atoms with Gasteiger partial charge in [0, 0.05) is 5.38 Å². The van der Waals surface area contributed by atoms with E-state index in [-0.39, 0.29) is 24.3 Å². The van der Waals surface area contributed by atoms with Gasteiger partial charge in [0.05, 0.1) is 29.3 Å². The lowest BCUT2D eigenvalue weighted by molar-refractivity contribution is -0.123. The van der Waals surface area contributed by atoms with E-state index < -0.39 is 49.0 Å². The first-order valence-corrected chi connectivity index (χ1v) is 15.2. The third kappa shape index (κ3) is 9.25. The van der Waals surface area contributed by atoms with Crippen LogP contribution in [0.15, 0.2) is 29.6 Å². The molecule has 2 atom stereocenters. The first-order valence-electron chi connectivity index (χ1n) is 11.2. The first-order chi connectivity index (χ1) is 17.0. The largest absolute Gasteiger partial charge is 0.453 e. The molecule has 2 rings (SSSR count). The Hall–Kier alpha value is -2.75. The fraction of sp³-hybridized carbons (Fsp3) is 0.500. The normalized spacial score (nSPS) is 13.9. The lowest BCUT2D eigenvalue weighted by atomic mass is 10.0. The van der Waals surface area contributed by atoms with E-state index in [1.165, 1.54) is 19.2 Å². The molecule has 0 spiro atoms. The standard InChI is InChI=1S/C22H32N4O8S3/c1-6-16(25-21(28)34-5)20(27)24-17(11-14-7-9-15(10-8-14)26-37(31,32)33)18-12-35-19(23-18)13-36(29,30)22(2,3)4/h7-10,12,16-17,26H,6,11,13H2,1-5H3,(H,24,27)(H,25,28)(H,31,32,33)/t16-,17-/m0/s1. The van der Waals surface area contributed by atoms with Gasteiger partial charge >= 0.3 is 16.4 Å². The summed E-state index contributed by atoms with van der Waals surface area (Å²) in [5, 5.41) is 7.36. The number of thiazole rings is 1. The topological polar surface area (TPSA) is 181 Å². The number of rotatable bonds is 11. The summed E-state index contributed by atoms with van der Waals surface area (Å²) in [5.41, 5.74) is 1.27. The summed E-state index contributed by atoms with van der Waals surface area (Å²) in [6.07, 6.45) is -0.249. The van der Waals surface area contributed by atoms with Gasteiger partial charge in [-0.15, -0.1) is 11.3 Å². The molecule has 0 aliphatic heterocycles. The number of benzene rings is 1. The number of carbonyl (C=O) groups excluding carboxylic acids is 2. The molecule has 0 saturated carbocycles. The van der Waals surface area contributed by atoms with E-state index in [1.807, 2.05) is 4.72 Å². The van der Waals surface area contributed by atoms with Crippen molar-refractivity contribution in [2.45, 2.75) is 63.1 Å². The molecule has 0 saturated heterocycles. The summed E-state index contributed by atoms with van der Waals surface area (Å²) in [6, 6.07) is 4.53. The molecule has 0 unspecified atom stereocenters. The Balaban J connectivity index is 2.33. The van der Waals surface area contributed by atoms with Crippen LogP contribution >= 0.6 is 11.3 Å². The number of ether oxygens (including phenoxy) is 1. The molecule has 0 aliphatic carbocycles. The monoisotopic (exact) mass is 576 g/mol. The fourth-order valence-corrected chi connectivity index (χ4v) is 5.71. The average Bonchev–Trinajstić information content (AvgIpc) is 3.23. The van der Waals surface area contributed by atoms with Crippen LogP contribution in [0.2, 0.25) is 0 Å². The number of hydrogen-bond donors (Lipinski definition) is 4. The number of anilines is 1. The molecule has 206 valence electrons. The third-order valence-corrected chi connectivity index (χ3v) is 9.40. The molecular weight excluding hydrogens is 544 g/mol. The Morgan fingerprint density at radius 3 is 2.24 bits per heavy atom. The number of methoxy groups -OCH3 is 1. The van der Waals surface area contributed by atoms with Crippen molar-refractivity contribution in [3.63, 3.8) is 0 Å². The van der Waals surface area contributed by atoms with Gasteiger partial charge in [-0.25, -0.2) is 18.2 Å². The second kappa shape index (κ2) is 12.2. The zero-order valence-corrected chi connectivity index (χ0v) is 23.6. The van der Waals surface area contributed by atoms with Crippen molar-refractivity contribution in [1.29, 1.82) is 0 Å². The molecule has 1 heterocycles. The Kier molecular flexibility index (Phi) is 10.0. The maximum Gasteiger partial charge on any atom is 0.407 e. The van der Waals surface area contributed by atoms with Crippen LogP contribution in [0.25, 0.3) is 0 Å². The van der Waals surface area contributed by atoms with E-state index in [4.69, 9.17) is 4.55 Å². The van der Waals surface area contributed by atoms with Crippen LogP contribution in [0.1, 0.15) is 56.4 Å². The predicted octanol–water partition coefficient (Wildman–Crippen LogP) is 2.61. The summed E-state index contributed by atoms with van der Waals surface area (Å²) in [5.74, 6) is -0.737. The van der Waals surface area contributed by atoms with Crippen LogP contribution in [0.3, 0.4) is 0 Å². The highest BCUT2D eigenvalue weighted by Gasteiger charge is 2.31. The SMILES string of the molecule is CC[C@H](NC(=O)OC)C(=O)N[C@@H](Cc1ccc(NS(=O)(=O)O)cc1)c1csc(CS(=O)(=O)C(C)(C)C)n1. The van der Waals surface area contributed by atoms with Gasteiger partial charge in [0.1, 0.15) is 16.8 Å². The van der Waals surface area contributed by atoms with Crippen LogP contribution in [0.4, 0.5) is 10.5 Å². The number of aromatic nitrogens is 1. The molecule has 12 nitrogen and oxygen atoms in total. The zero-order chi connectivity index (χ0) is 28.0. The van der Waals surface area contributed by atoms with E-state index in [0.29, 0.717) is 16.3 Å². The highest BCUT2D eigenvalue weighted by atomic mass is 32.2. The number of carbonyl (C=O) groups is 2. The second-order valence-corrected chi connectivity index (χ2v) is 14.0. The van der Waals surface area contributed by atoms with Crippen molar-refractivity contribution >= 4 is 49.2 Å². The van der Waals surface area contributed by atoms with Crippen molar-refractivity contribution < 1.29 is 35.7 Å². The van der Waals surface area contributed by atoms with E-state index in [0.717, 1.165) is 11.3 Å². The highest BCUT2D eigenvalue weighted by molar-refractivity contribution is 7.92. The van der Waals surface area contributed by atoms with Gasteiger partial charge in [0.2, 0.25) is 5.91 Å². The molecule has 0 aliphatic rings. The van der Waals surface area contributed by atoms with Crippen LogP contribution in [-0.2, 0) is 41.8 Å². The second-order valence-electron chi connectivity index (χ2n) is 9.17. The van der Waals surface area contributed by atoms with Crippen LogP contribution < -0.4 is 15.4 Å². The van der Waals surface area contributed by atoms with Crippen molar-refractivity contribution in [3.05, 3.63) is 45.9 Å². The predicted molar refractivity (Wildman–Crippen MR) is 140 cm³/mol. The van der Waals surface area contributed by atoms with Crippen molar-refractivity contribution in [3.8, 4) is 0 Å². The lowest BCUT2D eigenvalue weighted by Crippen LogP contribution is -2.47. The Bertz CT molecular complexity index is 1300. The molecule has 1 aromatic carbocycles. The number of amides is 2. The summed E-state index contributed by atoms with van der Waals surface area (Å²) < 4.78 is 61.9. The molecule has 37 heavy (non-hydrogen) atoms. The quantitative estimate of drug-likeness (QED) is 0.292. The summed E-state index contributed by atoms with van der Waals surface area (Å²) in [6.45, 7) is 6.55. The van der Waals surface area contributed by atoms with Crippen molar-refractivity contribution in [1.82, 2.24) is 15.6 Å². The van der Waals surface area contributed by atoms with Gasteiger partial charge in [-0.05, 0) is 51.3 Å². The minimum atomic E-state index is -4.43. The Morgan fingerprint density at radius 2 is 1.73 bits per heavy atom. The lowest BCUT2D eigenvalue weighted by Gasteiger charge is -2.22. The van der Waals surface area contributed by atoms with Gasteiger partial charge in [-0.3, -0.25) is 14.1 Å². The van der Waals surface area contributed by atoms with Crippen molar-refractivity contribution in [2.75, 3.05) is 11.8 Å². The van der Waals surface area contributed by atoms with Gasteiger partial charge < -0.3 is 15.4 Å². The smallest absolute Gasteiger partial charge is 0.407 e.